The molecule has 0 aliphatic heterocycles. The van der Waals surface area contributed by atoms with E-state index in [0.717, 1.165) is 5.56 Å². The Bertz CT molecular complexity index is 576. The molecule has 104 valence electrons. The molecule has 2 nitrogen and oxygen atoms in total. The van der Waals surface area contributed by atoms with Crippen LogP contribution < -0.4 is 0 Å². The summed E-state index contributed by atoms with van der Waals surface area (Å²) in [6.07, 6.45) is 0.639. The molecule has 2 atom stereocenters. The van der Waals surface area contributed by atoms with E-state index in [4.69, 9.17) is 0 Å². The molecule has 2 unspecified atom stereocenters. The van der Waals surface area contributed by atoms with Crippen LogP contribution in [-0.2, 0) is 9.84 Å². The fraction of sp³-hybridized carbons (Fsp3) is 0.500. The third kappa shape index (κ3) is 4.11. The van der Waals surface area contributed by atoms with Crippen molar-refractivity contribution in [1.29, 1.82) is 0 Å². The van der Waals surface area contributed by atoms with Gasteiger partial charge in [-0.05, 0) is 37.0 Å². The Hall–Kier alpha value is -1.27. The summed E-state index contributed by atoms with van der Waals surface area (Å²) in [7, 11) is -3.14. The van der Waals surface area contributed by atoms with Crippen LogP contribution in [0.25, 0.3) is 0 Å². The Balaban J connectivity index is 3.09. The van der Waals surface area contributed by atoms with Crippen LogP contribution in [0.2, 0.25) is 0 Å². The monoisotopic (exact) mass is 278 g/mol. The third-order valence-electron chi connectivity index (χ3n) is 3.34. The second-order valence-corrected chi connectivity index (χ2v) is 6.97. The highest BCUT2D eigenvalue weighted by molar-refractivity contribution is 7.91. The highest BCUT2D eigenvalue weighted by atomic mass is 32.2. The Labute approximate surface area is 117 Å². The Morgan fingerprint density at radius 3 is 2.53 bits per heavy atom. The van der Waals surface area contributed by atoms with Gasteiger partial charge in [0.1, 0.15) is 0 Å². The summed E-state index contributed by atoms with van der Waals surface area (Å²) in [5.74, 6) is 6.69. The average molecular weight is 278 g/mol. The van der Waals surface area contributed by atoms with E-state index >= 15 is 0 Å². The van der Waals surface area contributed by atoms with Crippen LogP contribution in [0.1, 0.15) is 45.6 Å². The first-order valence-corrected chi connectivity index (χ1v) is 8.32. The normalized spacial score (nSPS) is 14.3. The molecule has 1 aromatic rings. The van der Waals surface area contributed by atoms with E-state index in [1.54, 1.807) is 12.1 Å². The molecular formula is C16H22O2S. The van der Waals surface area contributed by atoms with Crippen molar-refractivity contribution >= 4 is 9.84 Å². The summed E-state index contributed by atoms with van der Waals surface area (Å²) in [4.78, 5) is 0.426. The van der Waals surface area contributed by atoms with Gasteiger partial charge in [0, 0.05) is 5.92 Å². The summed E-state index contributed by atoms with van der Waals surface area (Å²) < 4.78 is 24.1. The molecule has 3 heteroatoms. The SMILES string of the molecule is CC#CC(C)C(C)c1cccc(S(=O)(=O)CCC)c1. The van der Waals surface area contributed by atoms with E-state index in [9.17, 15) is 8.42 Å². The van der Waals surface area contributed by atoms with Crippen LogP contribution in [0.4, 0.5) is 0 Å². The summed E-state index contributed by atoms with van der Waals surface area (Å²) in [6.45, 7) is 7.85. The minimum atomic E-state index is -3.14. The lowest BCUT2D eigenvalue weighted by Gasteiger charge is -2.16. The first kappa shape index (κ1) is 15.8. The van der Waals surface area contributed by atoms with Gasteiger partial charge >= 0.3 is 0 Å². The van der Waals surface area contributed by atoms with Gasteiger partial charge in [0.15, 0.2) is 9.84 Å². The summed E-state index contributed by atoms with van der Waals surface area (Å²) in [5, 5.41) is 0. The molecule has 0 aromatic heterocycles. The van der Waals surface area contributed by atoms with E-state index in [1.807, 2.05) is 26.0 Å². The largest absolute Gasteiger partial charge is 0.224 e. The van der Waals surface area contributed by atoms with E-state index in [-0.39, 0.29) is 17.6 Å². The van der Waals surface area contributed by atoms with Crippen molar-refractivity contribution in [2.75, 3.05) is 5.75 Å². The molecule has 0 N–H and O–H groups in total. The van der Waals surface area contributed by atoms with Gasteiger partial charge in [-0.3, -0.25) is 0 Å². The van der Waals surface area contributed by atoms with Crippen LogP contribution in [0.3, 0.4) is 0 Å². The van der Waals surface area contributed by atoms with Crippen LogP contribution in [0.5, 0.6) is 0 Å². The van der Waals surface area contributed by atoms with Crippen molar-refractivity contribution in [1.82, 2.24) is 0 Å². The van der Waals surface area contributed by atoms with Crippen LogP contribution in [0.15, 0.2) is 29.2 Å². The van der Waals surface area contributed by atoms with Crippen molar-refractivity contribution < 1.29 is 8.42 Å². The summed E-state index contributed by atoms with van der Waals surface area (Å²) in [5.41, 5.74) is 1.03. The van der Waals surface area contributed by atoms with Gasteiger partial charge in [0.25, 0.3) is 0 Å². The molecule has 1 rings (SSSR count). The maximum absolute atomic E-state index is 12.1. The lowest BCUT2D eigenvalue weighted by molar-refractivity contribution is 0.591. The van der Waals surface area contributed by atoms with Gasteiger partial charge < -0.3 is 0 Å². The summed E-state index contributed by atoms with van der Waals surface area (Å²) >= 11 is 0. The first-order chi connectivity index (χ1) is 8.92. The average Bonchev–Trinajstić information content (AvgIpc) is 2.38. The molecule has 0 saturated carbocycles. The minimum Gasteiger partial charge on any atom is -0.224 e. The molecule has 19 heavy (non-hydrogen) atoms. The second kappa shape index (κ2) is 6.77. The number of hydrogen-bond acceptors (Lipinski definition) is 2. The van der Waals surface area contributed by atoms with Crippen molar-refractivity contribution in [3.8, 4) is 11.8 Å². The lowest BCUT2D eigenvalue weighted by Crippen LogP contribution is -2.08. The summed E-state index contributed by atoms with van der Waals surface area (Å²) in [6, 6.07) is 7.27. The molecule has 0 saturated heterocycles. The zero-order chi connectivity index (χ0) is 14.5. The topological polar surface area (TPSA) is 34.1 Å². The van der Waals surface area contributed by atoms with E-state index in [1.165, 1.54) is 0 Å². The van der Waals surface area contributed by atoms with Gasteiger partial charge in [0.2, 0.25) is 0 Å². The highest BCUT2D eigenvalue weighted by Crippen LogP contribution is 2.26. The molecule has 0 aliphatic carbocycles. The van der Waals surface area contributed by atoms with E-state index in [0.29, 0.717) is 11.3 Å². The van der Waals surface area contributed by atoms with Crippen LogP contribution >= 0.6 is 0 Å². The van der Waals surface area contributed by atoms with Gasteiger partial charge in [-0.15, -0.1) is 5.92 Å². The molecule has 0 spiro atoms. The highest BCUT2D eigenvalue weighted by Gasteiger charge is 2.17. The van der Waals surface area contributed by atoms with Gasteiger partial charge in [-0.1, -0.05) is 38.8 Å². The molecule has 0 heterocycles. The van der Waals surface area contributed by atoms with Crippen molar-refractivity contribution in [3.63, 3.8) is 0 Å². The predicted octanol–water partition coefficient (Wildman–Crippen LogP) is 3.63. The van der Waals surface area contributed by atoms with Crippen molar-refractivity contribution in [2.45, 2.75) is 44.9 Å². The van der Waals surface area contributed by atoms with Crippen molar-refractivity contribution in [2.24, 2.45) is 5.92 Å². The number of benzene rings is 1. The Morgan fingerprint density at radius 1 is 1.26 bits per heavy atom. The van der Waals surface area contributed by atoms with Crippen molar-refractivity contribution in [3.05, 3.63) is 29.8 Å². The predicted molar refractivity (Wildman–Crippen MR) is 79.8 cm³/mol. The third-order valence-corrected chi connectivity index (χ3v) is 5.26. The lowest BCUT2D eigenvalue weighted by atomic mass is 9.89. The van der Waals surface area contributed by atoms with Gasteiger partial charge in [-0.2, -0.15) is 0 Å². The number of hydrogen-bond donors (Lipinski definition) is 0. The standard InChI is InChI=1S/C16H22O2S/c1-5-8-13(3)14(4)15-9-7-10-16(12-15)19(17,18)11-6-2/h7,9-10,12-14H,6,11H2,1-4H3. The maximum Gasteiger partial charge on any atom is 0.178 e. The Morgan fingerprint density at radius 2 is 1.95 bits per heavy atom. The number of sulfone groups is 1. The zero-order valence-corrected chi connectivity index (χ0v) is 12.9. The molecule has 1 aromatic carbocycles. The molecular weight excluding hydrogens is 256 g/mol. The quantitative estimate of drug-likeness (QED) is 0.771. The molecule has 0 bridgehead atoms. The molecule has 0 amide bonds. The van der Waals surface area contributed by atoms with E-state index in [2.05, 4.69) is 25.7 Å². The van der Waals surface area contributed by atoms with E-state index < -0.39 is 9.84 Å². The molecule has 0 fully saturated rings. The maximum atomic E-state index is 12.1. The first-order valence-electron chi connectivity index (χ1n) is 6.67. The van der Waals surface area contributed by atoms with Gasteiger partial charge in [-0.25, -0.2) is 8.42 Å². The van der Waals surface area contributed by atoms with Crippen LogP contribution in [-0.4, -0.2) is 14.2 Å². The van der Waals surface area contributed by atoms with Crippen LogP contribution in [0, 0.1) is 17.8 Å². The smallest absolute Gasteiger partial charge is 0.178 e. The molecule has 0 radical (unpaired) electrons. The fourth-order valence-corrected chi connectivity index (χ4v) is 3.39. The fourth-order valence-electron chi connectivity index (χ4n) is 2.02. The zero-order valence-electron chi connectivity index (χ0n) is 12.1. The molecule has 0 aliphatic rings. The van der Waals surface area contributed by atoms with Gasteiger partial charge in [0.05, 0.1) is 10.6 Å². The number of rotatable bonds is 5. The minimum absolute atomic E-state index is 0.204. The second-order valence-electron chi connectivity index (χ2n) is 4.86. The Kier molecular flexibility index (Phi) is 5.62.